The molecule has 4 aromatic rings. The van der Waals surface area contributed by atoms with Crippen LogP contribution in [0.1, 0.15) is 22.3 Å². The maximum atomic E-state index is 8.93. The van der Waals surface area contributed by atoms with Gasteiger partial charge in [-0.25, -0.2) is 9.97 Å². The number of nitriles is 2. The number of imidazole rings is 1. The Bertz CT molecular complexity index is 1330. The number of hydrogen-bond acceptors (Lipinski definition) is 6. The lowest BCUT2D eigenvalue weighted by molar-refractivity contribution is 1.03. The predicted molar refractivity (Wildman–Crippen MR) is 115 cm³/mol. The minimum Gasteiger partial charge on any atom is -0.324 e. The molecule has 0 amide bonds. The number of rotatable bonds is 4. The van der Waals surface area contributed by atoms with Crippen LogP contribution in [0.2, 0.25) is 0 Å². The monoisotopic (exact) mass is 391 g/mol. The average Bonchev–Trinajstić information content (AvgIpc) is 3.15. The van der Waals surface area contributed by atoms with Gasteiger partial charge in [-0.2, -0.15) is 15.5 Å². The third kappa shape index (κ3) is 3.60. The van der Waals surface area contributed by atoms with Gasteiger partial charge >= 0.3 is 0 Å². The smallest absolute Gasteiger partial charge is 0.229 e. The summed E-state index contributed by atoms with van der Waals surface area (Å²) in [5.74, 6) is 0.442. The van der Waals surface area contributed by atoms with Crippen molar-refractivity contribution in [3.8, 4) is 17.8 Å². The number of benzene rings is 2. The van der Waals surface area contributed by atoms with Crippen LogP contribution in [0.5, 0.6) is 0 Å². The second-order valence-corrected chi connectivity index (χ2v) is 6.80. The highest BCUT2D eigenvalue weighted by molar-refractivity contribution is 5.75. The van der Waals surface area contributed by atoms with E-state index < -0.39 is 0 Å². The molecule has 0 aliphatic carbocycles. The van der Waals surface area contributed by atoms with E-state index in [0.29, 0.717) is 22.7 Å². The van der Waals surface area contributed by atoms with E-state index in [-0.39, 0.29) is 0 Å². The molecule has 1 N–H and O–H groups in total. The van der Waals surface area contributed by atoms with Crippen molar-refractivity contribution in [2.75, 3.05) is 5.32 Å². The minimum atomic E-state index is 0.442. The number of nitrogens with one attached hydrogen (secondary N) is 1. The Morgan fingerprint density at radius 2 is 1.77 bits per heavy atom. The molecule has 0 spiro atoms. The number of anilines is 2. The maximum absolute atomic E-state index is 8.93. The second kappa shape index (κ2) is 7.86. The van der Waals surface area contributed by atoms with Gasteiger partial charge in [0.2, 0.25) is 5.95 Å². The number of allylic oxidation sites excluding steroid dienone is 1. The van der Waals surface area contributed by atoms with Gasteiger partial charge in [-0.15, -0.1) is 0 Å². The number of aryl methyl sites for hydroxylation is 2. The summed E-state index contributed by atoms with van der Waals surface area (Å²) in [5.41, 5.74) is 6.82. The van der Waals surface area contributed by atoms with Crippen LogP contribution >= 0.6 is 0 Å². The molecular formula is C23H17N7. The van der Waals surface area contributed by atoms with Crippen LogP contribution in [0.4, 0.5) is 11.6 Å². The third-order valence-electron chi connectivity index (χ3n) is 4.67. The molecule has 0 unspecified atom stereocenters. The first-order valence-corrected chi connectivity index (χ1v) is 9.24. The molecule has 2 aromatic carbocycles. The van der Waals surface area contributed by atoms with E-state index in [9.17, 15) is 0 Å². The average molecular weight is 391 g/mol. The van der Waals surface area contributed by atoms with E-state index in [0.717, 1.165) is 28.1 Å². The fraction of sp³-hybridized carbons (Fsp3) is 0.0870. The number of nitrogens with zero attached hydrogens (tertiary/aromatic N) is 6. The van der Waals surface area contributed by atoms with Gasteiger partial charge in [0, 0.05) is 11.8 Å². The van der Waals surface area contributed by atoms with Gasteiger partial charge in [0.15, 0.2) is 5.65 Å². The van der Waals surface area contributed by atoms with Crippen LogP contribution in [0.3, 0.4) is 0 Å². The van der Waals surface area contributed by atoms with Crippen molar-refractivity contribution < 1.29 is 0 Å². The largest absolute Gasteiger partial charge is 0.324 e. The Kier molecular flexibility index (Phi) is 4.94. The fourth-order valence-corrected chi connectivity index (χ4v) is 3.39. The van der Waals surface area contributed by atoms with Crippen LogP contribution in [-0.4, -0.2) is 19.5 Å². The molecule has 144 valence electrons. The molecule has 7 heteroatoms. The summed E-state index contributed by atoms with van der Waals surface area (Å²) in [6.07, 6.45) is 6.68. The van der Waals surface area contributed by atoms with Crippen molar-refractivity contribution in [1.29, 1.82) is 10.5 Å². The molecule has 0 saturated heterocycles. The zero-order valence-corrected chi connectivity index (χ0v) is 16.5. The van der Waals surface area contributed by atoms with Crippen LogP contribution in [0, 0.1) is 36.5 Å². The van der Waals surface area contributed by atoms with Crippen molar-refractivity contribution >= 4 is 28.9 Å². The SMILES string of the molecule is Cc1cc(/C=C/C#N)cc(C)c1-n1cnc2cnc(Nc3ccc(C#N)cc3)nc21. The molecule has 0 fully saturated rings. The van der Waals surface area contributed by atoms with E-state index in [1.165, 1.54) is 6.08 Å². The lowest BCUT2D eigenvalue weighted by atomic mass is 10.0. The normalized spacial score (nSPS) is 10.8. The minimum absolute atomic E-state index is 0.442. The zero-order chi connectivity index (χ0) is 21.1. The Morgan fingerprint density at radius 3 is 2.43 bits per heavy atom. The van der Waals surface area contributed by atoms with Crippen LogP contribution in [0.15, 0.2) is 55.0 Å². The van der Waals surface area contributed by atoms with Gasteiger partial charge in [0.25, 0.3) is 0 Å². The standard InChI is InChI=1S/C23H17N7/c1-15-10-18(4-3-9-24)11-16(2)21(15)30-14-27-20-13-26-23(29-22(20)30)28-19-7-5-17(12-25)6-8-19/h3-8,10-11,13-14H,1-2H3,(H,26,28,29)/b4-3+. The first-order chi connectivity index (χ1) is 14.6. The number of aromatic nitrogens is 4. The van der Waals surface area contributed by atoms with Crippen molar-refractivity contribution in [3.63, 3.8) is 0 Å². The number of fused-ring (bicyclic) bond motifs is 1. The summed E-state index contributed by atoms with van der Waals surface area (Å²) in [6.45, 7) is 4.05. The quantitative estimate of drug-likeness (QED) is 0.511. The van der Waals surface area contributed by atoms with Gasteiger partial charge in [-0.3, -0.25) is 4.57 Å². The van der Waals surface area contributed by atoms with Gasteiger partial charge in [0.05, 0.1) is 29.6 Å². The fourth-order valence-electron chi connectivity index (χ4n) is 3.39. The molecule has 0 radical (unpaired) electrons. The van der Waals surface area contributed by atoms with Crippen molar-refractivity contribution in [2.24, 2.45) is 0 Å². The topological polar surface area (TPSA) is 103 Å². The van der Waals surface area contributed by atoms with E-state index in [4.69, 9.17) is 10.5 Å². The first-order valence-electron chi connectivity index (χ1n) is 9.24. The molecular weight excluding hydrogens is 374 g/mol. The summed E-state index contributed by atoms with van der Waals surface area (Å²) >= 11 is 0. The lowest BCUT2D eigenvalue weighted by Gasteiger charge is -2.13. The van der Waals surface area contributed by atoms with Gasteiger partial charge < -0.3 is 5.32 Å². The van der Waals surface area contributed by atoms with Gasteiger partial charge in [-0.1, -0.05) is 0 Å². The molecule has 30 heavy (non-hydrogen) atoms. The number of hydrogen-bond donors (Lipinski definition) is 1. The van der Waals surface area contributed by atoms with Crippen molar-refractivity contribution in [3.05, 3.63) is 77.3 Å². The zero-order valence-electron chi connectivity index (χ0n) is 16.5. The summed E-state index contributed by atoms with van der Waals surface area (Å²) in [4.78, 5) is 13.4. The first kappa shape index (κ1) is 18.9. The van der Waals surface area contributed by atoms with E-state index in [1.54, 1.807) is 30.7 Å². The Hall–Kier alpha value is -4.49. The molecule has 2 heterocycles. The predicted octanol–water partition coefficient (Wildman–Crippen LogP) is 4.58. The van der Waals surface area contributed by atoms with E-state index in [2.05, 4.69) is 26.3 Å². The van der Waals surface area contributed by atoms with Crippen LogP contribution in [0.25, 0.3) is 22.9 Å². The lowest BCUT2D eigenvalue weighted by Crippen LogP contribution is -2.03. The van der Waals surface area contributed by atoms with Gasteiger partial charge in [0.1, 0.15) is 11.8 Å². The highest BCUT2D eigenvalue weighted by Gasteiger charge is 2.13. The molecule has 4 rings (SSSR count). The molecule has 2 aromatic heterocycles. The Morgan fingerprint density at radius 1 is 1.03 bits per heavy atom. The summed E-state index contributed by atoms with van der Waals surface area (Å²) in [7, 11) is 0. The maximum Gasteiger partial charge on any atom is 0.229 e. The van der Waals surface area contributed by atoms with Crippen LogP contribution < -0.4 is 5.32 Å². The Balaban J connectivity index is 1.74. The highest BCUT2D eigenvalue weighted by Crippen LogP contribution is 2.26. The Labute approximate surface area is 173 Å². The van der Waals surface area contributed by atoms with E-state index in [1.807, 2.05) is 48.7 Å². The molecule has 0 saturated carbocycles. The summed E-state index contributed by atoms with van der Waals surface area (Å²) in [5, 5.41) is 20.9. The molecule has 0 aliphatic heterocycles. The summed E-state index contributed by atoms with van der Waals surface area (Å²) in [6, 6.07) is 15.3. The second-order valence-electron chi connectivity index (χ2n) is 6.80. The van der Waals surface area contributed by atoms with E-state index >= 15 is 0 Å². The molecule has 7 nitrogen and oxygen atoms in total. The van der Waals surface area contributed by atoms with Gasteiger partial charge in [-0.05, 0) is 73.0 Å². The molecule has 0 aliphatic rings. The summed E-state index contributed by atoms with van der Waals surface area (Å²) < 4.78 is 1.95. The molecule has 0 bridgehead atoms. The van der Waals surface area contributed by atoms with Crippen molar-refractivity contribution in [1.82, 2.24) is 19.5 Å². The third-order valence-corrected chi connectivity index (χ3v) is 4.67. The highest BCUT2D eigenvalue weighted by atomic mass is 15.2. The molecule has 0 atom stereocenters. The van der Waals surface area contributed by atoms with Crippen LogP contribution in [-0.2, 0) is 0 Å². The van der Waals surface area contributed by atoms with Crippen molar-refractivity contribution in [2.45, 2.75) is 13.8 Å².